The van der Waals surface area contributed by atoms with Gasteiger partial charge in [-0.2, -0.15) is 0 Å². The molecule has 116 valence electrons. The molecule has 0 saturated carbocycles. The SMILES string of the molecule is COC(=O)C1CNCC1c1cc(OC)c(OC)c(OC)c1. The fourth-order valence-electron chi connectivity index (χ4n) is 2.74. The summed E-state index contributed by atoms with van der Waals surface area (Å²) >= 11 is 0. The maximum Gasteiger partial charge on any atom is 0.310 e. The lowest BCUT2D eigenvalue weighted by molar-refractivity contribution is -0.145. The molecule has 0 aliphatic carbocycles. The standard InChI is InChI=1S/C15H21NO5/c1-18-12-5-9(6-13(19-2)14(12)20-3)10-7-16-8-11(10)15(17)21-4/h5-6,10-11,16H,7-8H2,1-4H3. The van der Waals surface area contributed by atoms with E-state index in [1.54, 1.807) is 21.3 Å². The van der Waals surface area contributed by atoms with Crippen LogP contribution < -0.4 is 19.5 Å². The van der Waals surface area contributed by atoms with Gasteiger partial charge in [-0.15, -0.1) is 0 Å². The van der Waals surface area contributed by atoms with Gasteiger partial charge in [0, 0.05) is 19.0 Å². The van der Waals surface area contributed by atoms with E-state index in [1.165, 1.54) is 7.11 Å². The van der Waals surface area contributed by atoms with Crippen molar-refractivity contribution >= 4 is 5.97 Å². The lowest BCUT2D eigenvalue weighted by Crippen LogP contribution is -2.23. The fourth-order valence-corrected chi connectivity index (χ4v) is 2.74. The largest absolute Gasteiger partial charge is 0.493 e. The molecule has 1 fully saturated rings. The van der Waals surface area contributed by atoms with Gasteiger partial charge in [0.15, 0.2) is 11.5 Å². The average Bonchev–Trinajstić information content (AvgIpc) is 3.02. The maximum atomic E-state index is 11.9. The number of carbonyl (C=O) groups is 1. The Morgan fingerprint density at radius 2 is 1.67 bits per heavy atom. The summed E-state index contributed by atoms with van der Waals surface area (Å²) in [4.78, 5) is 11.9. The van der Waals surface area contributed by atoms with E-state index >= 15 is 0 Å². The molecule has 1 aliphatic rings. The van der Waals surface area contributed by atoms with Crippen molar-refractivity contribution in [2.75, 3.05) is 41.5 Å². The summed E-state index contributed by atoms with van der Waals surface area (Å²) in [5.41, 5.74) is 0.963. The average molecular weight is 295 g/mol. The third kappa shape index (κ3) is 2.90. The van der Waals surface area contributed by atoms with Crippen LogP contribution in [0.1, 0.15) is 11.5 Å². The number of rotatable bonds is 5. The van der Waals surface area contributed by atoms with Gasteiger partial charge in [-0.05, 0) is 17.7 Å². The van der Waals surface area contributed by atoms with E-state index in [0.29, 0.717) is 30.3 Å². The highest BCUT2D eigenvalue weighted by Gasteiger charge is 2.35. The molecule has 6 heteroatoms. The number of hydrogen-bond acceptors (Lipinski definition) is 6. The Morgan fingerprint density at radius 1 is 1.05 bits per heavy atom. The van der Waals surface area contributed by atoms with Crippen molar-refractivity contribution in [3.63, 3.8) is 0 Å². The van der Waals surface area contributed by atoms with E-state index in [-0.39, 0.29) is 17.8 Å². The van der Waals surface area contributed by atoms with E-state index in [1.807, 2.05) is 12.1 Å². The van der Waals surface area contributed by atoms with Crippen LogP contribution in [0.5, 0.6) is 17.2 Å². The molecular formula is C15H21NO5. The first-order valence-electron chi connectivity index (χ1n) is 6.74. The number of ether oxygens (including phenoxy) is 4. The third-order valence-corrected chi connectivity index (χ3v) is 3.83. The van der Waals surface area contributed by atoms with Crippen molar-refractivity contribution in [2.24, 2.45) is 5.92 Å². The van der Waals surface area contributed by atoms with Crippen molar-refractivity contribution in [1.29, 1.82) is 0 Å². The van der Waals surface area contributed by atoms with Crippen molar-refractivity contribution in [1.82, 2.24) is 5.32 Å². The van der Waals surface area contributed by atoms with Gasteiger partial charge in [-0.3, -0.25) is 4.79 Å². The molecule has 1 aliphatic heterocycles. The zero-order chi connectivity index (χ0) is 15.4. The van der Waals surface area contributed by atoms with Crippen molar-refractivity contribution in [3.05, 3.63) is 17.7 Å². The van der Waals surface area contributed by atoms with Gasteiger partial charge < -0.3 is 24.3 Å². The summed E-state index contributed by atoms with van der Waals surface area (Å²) in [5, 5.41) is 3.23. The van der Waals surface area contributed by atoms with Crippen LogP contribution in [0.4, 0.5) is 0 Å². The Morgan fingerprint density at radius 3 is 2.14 bits per heavy atom. The zero-order valence-corrected chi connectivity index (χ0v) is 12.8. The van der Waals surface area contributed by atoms with Gasteiger partial charge in [0.25, 0.3) is 0 Å². The summed E-state index contributed by atoms with van der Waals surface area (Å²) in [6.45, 7) is 1.31. The molecule has 1 heterocycles. The van der Waals surface area contributed by atoms with Crippen molar-refractivity contribution in [2.45, 2.75) is 5.92 Å². The zero-order valence-electron chi connectivity index (χ0n) is 12.8. The van der Waals surface area contributed by atoms with Crippen LogP contribution in [-0.2, 0) is 9.53 Å². The molecule has 2 unspecified atom stereocenters. The summed E-state index contributed by atoms with van der Waals surface area (Å²) in [7, 11) is 6.12. The number of esters is 1. The van der Waals surface area contributed by atoms with Crippen LogP contribution in [0.3, 0.4) is 0 Å². The highest BCUT2D eigenvalue weighted by atomic mass is 16.5. The maximum absolute atomic E-state index is 11.9. The van der Waals surface area contributed by atoms with Gasteiger partial charge in [-0.25, -0.2) is 0 Å². The van der Waals surface area contributed by atoms with Crippen LogP contribution in [-0.4, -0.2) is 47.5 Å². The molecule has 0 amide bonds. The van der Waals surface area contributed by atoms with Crippen molar-refractivity contribution in [3.8, 4) is 17.2 Å². The summed E-state index contributed by atoms with van der Waals surface area (Å²) in [5.74, 6) is 1.32. The number of carbonyl (C=O) groups excluding carboxylic acids is 1. The molecule has 2 atom stereocenters. The second-order valence-corrected chi connectivity index (χ2v) is 4.85. The van der Waals surface area contributed by atoms with Gasteiger partial charge in [0.2, 0.25) is 5.75 Å². The minimum absolute atomic E-state index is 0.0196. The lowest BCUT2D eigenvalue weighted by atomic mass is 9.88. The Kier molecular flexibility index (Phi) is 4.90. The molecule has 6 nitrogen and oxygen atoms in total. The van der Waals surface area contributed by atoms with E-state index < -0.39 is 0 Å². The minimum atomic E-state index is -0.210. The summed E-state index contributed by atoms with van der Waals surface area (Å²) in [6, 6.07) is 3.77. The van der Waals surface area contributed by atoms with Gasteiger partial charge in [-0.1, -0.05) is 0 Å². The van der Waals surface area contributed by atoms with Gasteiger partial charge >= 0.3 is 5.97 Å². The molecule has 0 spiro atoms. The molecule has 0 radical (unpaired) electrons. The first-order valence-corrected chi connectivity index (χ1v) is 6.74. The van der Waals surface area contributed by atoms with Gasteiger partial charge in [0.05, 0.1) is 34.4 Å². The van der Waals surface area contributed by atoms with Crippen LogP contribution in [0, 0.1) is 5.92 Å². The van der Waals surface area contributed by atoms with E-state index in [9.17, 15) is 4.79 Å². The molecule has 2 rings (SSSR count). The lowest BCUT2D eigenvalue weighted by Gasteiger charge is -2.20. The third-order valence-electron chi connectivity index (χ3n) is 3.83. The van der Waals surface area contributed by atoms with Crippen LogP contribution in [0.15, 0.2) is 12.1 Å². The first kappa shape index (κ1) is 15.4. The van der Waals surface area contributed by atoms with Crippen molar-refractivity contribution < 1.29 is 23.7 Å². The molecule has 21 heavy (non-hydrogen) atoms. The summed E-state index contributed by atoms with van der Waals surface area (Å²) < 4.78 is 20.9. The molecule has 1 saturated heterocycles. The molecule has 1 aromatic rings. The second-order valence-electron chi connectivity index (χ2n) is 4.85. The Labute approximate surface area is 124 Å². The molecule has 0 bridgehead atoms. The first-order chi connectivity index (χ1) is 10.2. The smallest absolute Gasteiger partial charge is 0.310 e. The van der Waals surface area contributed by atoms with E-state index in [2.05, 4.69) is 5.32 Å². The summed E-state index contributed by atoms with van der Waals surface area (Å²) in [6.07, 6.45) is 0. The second kappa shape index (κ2) is 6.67. The monoisotopic (exact) mass is 295 g/mol. The normalized spacial score (nSPS) is 21.0. The Hall–Kier alpha value is -1.95. The molecule has 0 aromatic heterocycles. The van der Waals surface area contributed by atoms with Gasteiger partial charge in [0.1, 0.15) is 0 Å². The fraction of sp³-hybridized carbons (Fsp3) is 0.533. The molecule has 1 N–H and O–H groups in total. The Bertz CT molecular complexity index is 492. The minimum Gasteiger partial charge on any atom is -0.493 e. The van der Waals surface area contributed by atoms with E-state index in [0.717, 1.165) is 5.56 Å². The Balaban J connectivity index is 2.41. The predicted octanol–water partition coefficient (Wildman–Crippen LogP) is 1.19. The predicted molar refractivity (Wildman–Crippen MR) is 77.2 cm³/mol. The van der Waals surface area contributed by atoms with E-state index in [4.69, 9.17) is 18.9 Å². The quantitative estimate of drug-likeness (QED) is 0.823. The van der Waals surface area contributed by atoms with Crippen LogP contribution in [0.2, 0.25) is 0 Å². The van der Waals surface area contributed by atoms with Crippen LogP contribution in [0.25, 0.3) is 0 Å². The number of nitrogens with one attached hydrogen (secondary N) is 1. The molecular weight excluding hydrogens is 274 g/mol. The number of benzene rings is 1. The molecule has 1 aromatic carbocycles. The number of hydrogen-bond donors (Lipinski definition) is 1. The highest BCUT2D eigenvalue weighted by Crippen LogP contribution is 2.42. The van der Waals surface area contributed by atoms with Crippen LogP contribution >= 0.6 is 0 Å². The number of methoxy groups -OCH3 is 4. The highest BCUT2D eigenvalue weighted by molar-refractivity contribution is 5.74. The topological polar surface area (TPSA) is 66.0 Å².